The third-order valence-corrected chi connectivity index (χ3v) is 4.66. The Kier molecular flexibility index (Phi) is 6.05. The van der Waals surface area contributed by atoms with E-state index in [2.05, 4.69) is 72.3 Å². The van der Waals surface area contributed by atoms with Crippen LogP contribution in [0.4, 0.5) is 0 Å². The molecule has 0 radical (unpaired) electrons. The maximum atomic E-state index is 3.61. The van der Waals surface area contributed by atoms with Gasteiger partial charge in [-0.25, -0.2) is 0 Å². The van der Waals surface area contributed by atoms with E-state index >= 15 is 0 Å². The minimum Gasteiger partial charge on any atom is -0.0891 e. The molecule has 0 aliphatic heterocycles. The maximum Gasteiger partial charge on any atom is 0.0149 e. The summed E-state index contributed by atoms with van der Waals surface area (Å²) in [5, 5.41) is 0. The van der Waals surface area contributed by atoms with Crippen molar-refractivity contribution in [2.45, 2.75) is 32.5 Å². The number of rotatable bonds is 3. The fourth-order valence-electron chi connectivity index (χ4n) is 0.912. The second kappa shape index (κ2) is 5.57. The minimum atomic E-state index is 0.599. The molecule has 0 aliphatic carbocycles. The molecule has 11 heavy (non-hydrogen) atoms. The van der Waals surface area contributed by atoms with E-state index in [1.807, 2.05) is 0 Å². The Morgan fingerprint density at radius 2 is 1.82 bits per heavy atom. The highest BCUT2D eigenvalue weighted by Gasteiger charge is 2.18. The first-order valence-electron chi connectivity index (χ1n) is 3.96. The maximum absolute atomic E-state index is 3.61. The van der Waals surface area contributed by atoms with E-state index in [0.29, 0.717) is 16.7 Å². The lowest BCUT2D eigenvalue weighted by Gasteiger charge is -2.21. The Hall–Kier alpha value is 0.950. The first-order valence-corrected chi connectivity index (χ1v) is 5.96. The topological polar surface area (TPSA) is 0 Å². The van der Waals surface area contributed by atoms with Crippen LogP contribution in [0.15, 0.2) is 9.66 Å². The van der Waals surface area contributed by atoms with Gasteiger partial charge in [-0.15, -0.1) is 0 Å². The van der Waals surface area contributed by atoms with E-state index in [1.54, 1.807) is 0 Å². The Bertz CT molecular complexity index is 140. The summed E-state index contributed by atoms with van der Waals surface area (Å²) in [4.78, 5) is 0.599. The Morgan fingerprint density at radius 3 is 2.09 bits per heavy atom. The summed E-state index contributed by atoms with van der Waals surface area (Å²) in [6.07, 6.45) is 2.19. The van der Waals surface area contributed by atoms with E-state index < -0.39 is 0 Å². The minimum absolute atomic E-state index is 0.599. The van der Waals surface area contributed by atoms with E-state index in [9.17, 15) is 0 Å². The molecule has 2 heteroatoms. The molecule has 66 valence electrons. The van der Waals surface area contributed by atoms with Gasteiger partial charge in [0.15, 0.2) is 0 Å². The van der Waals surface area contributed by atoms with Gasteiger partial charge < -0.3 is 0 Å². The lowest BCUT2D eigenvalue weighted by molar-refractivity contribution is 0.459. The Morgan fingerprint density at radius 1 is 1.36 bits per heavy atom. The number of hydrogen-bond donors (Lipinski definition) is 0. The first-order chi connectivity index (χ1) is 5.00. The van der Waals surface area contributed by atoms with Crippen LogP contribution in [0, 0.1) is 11.8 Å². The van der Waals surface area contributed by atoms with Crippen LogP contribution < -0.4 is 0 Å². The zero-order chi connectivity index (χ0) is 9.02. The van der Waals surface area contributed by atoms with Crippen molar-refractivity contribution in [2.24, 2.45) is 11.8 Å². The molecular weight excluding hydrogens is 315 g/mol. The van der Waals surface area contributed by atoms with Crippen LogP contribution in [0.25, 0.3) is 0 Å². The van der Waals surface area contributed by atoms with Crippen molar-refractivity contribution in [1.82, 2.24) is 0 Å². The van der Waals surface area contributed by atoms with Gasteiger partial charge in [0.1, 0.15) is 0 Å². The normalized spacial score (nSPS) is 21.1. The highest BCUT2D eigenvalue weighted by Crippen LogP contribution is 2.30. The van der Waals surface area contributed by atoms with Crippen molar-refractivity contribution < 1.29 is 0 Å². The van der Waals surface area contributed by atoms with Gasteiger partial charge >= 0.3 is 0 Å². The van der Waals surface area contributed by atoms with Gasteiger partial charge in [-0.2, -0.15) is 0 Å². The van der Waals surface area contributed by atoms with E-state index in [4.69, 9.17) is 0 Å². The first kappa shape index (κ1) is 11.9. The van der Waals surface area contributed by atoms with Gasteiger partial charge in [0.25, 0.3) is 0 Å². The molecule has 0 aromatic carbocycles. The second-order valence-corrected chi connectivity index (χ2v) is 5.69. The molecule has 0 bridgehead atoms. The molecule has 0 aliphatic rings. The Balaban J connectivity index is 4.13. The number of alkyl halides is 1. The van der Waals surface area contributed by atoms with Crippen molar-refractivity contribution in [3.8, 4) is 0 Å². The highest BCUT2D eigenvalue weighted by atomic mass is 127. The molecule has 0 unspecified atom stereocenters. The molecule has 0 nitrogen and oxygen atoms in total. The standard InChI is InChI=1S/C9H16BrI/c1-5-9(11)7(3)6(2)8(4)10/h5-8H,1-4H3/b9-5+/t6-,7+,8+/m0/s1. The van der Waals surface area contributed by atoms with E-state index in [0.717, 1.165) is 0 Å². The monoisotopic (exact) mass is 330 g/mol. The van der Waals surface area contributed by atoms with E-state index in [1.165, 1.54) is 3.58 Å². The van der Waals surface area contributed by atoms with E-state index in [-0.39, 0.29) is 0 Å². The predicted octanol–water partition coefficient (Wildman–Crippen LogP) is 4.38. The lowest BCUT2D eigenvalue weighted by Crippen LogP contribution is -2.16. The van der Waals surface area contributed by atoms with Crippen molar-refractivity contribution >= 4 is 38.5 Å². The summed E-state index contributed by atoms with van der Waals surface area (Å²) >= 11 is 6.03. The van der Waals surface area contributed by atoms with Gasteiger partial charge in [0.05, 0.1) is 0 Å². The summed E-state index contributed by atoms with van der Waals surface area (Å²) in [5.74, 6) is 1.38. The van der Waals surface area contributed by atoms with Crippen LogP contribution >= 0.6 is 38.5 Å². The molecule has 0 amide bonds. The largest absolute Gasteiger partial charge is 0.0891 e. The zero-order valence-corrected chi connectivity index (χ0v) is 11.3. The fourth-order valence-corrected chi connectivity index (χ4v) is 1.94. The molecule has 0 rings (SSSR count). The molecule has 0 fully saturated rings. The smallest absolute Gasteiger partial charge is 0.0149 e. The predicted molar refractivity (Wildman–Crippen MR) is 64.5 cm³/mol. The van der Waals surface area contributed by atoms with Crippen LogP contribution in [0.2, 0.25) is 0 Å². The van der Waals surface area contributed by atoms with Gasteiger partial charge in [-0.3, -0.25) is 0 Å². The van der Waals surface area contributed by atoms with Crippen LogP contribution in [0.3, 0.4) is 0 Å². The summed E-state index contributed by atoms with van der Waals surface area (Å²) in [5.41, 5.74) is 0. The number of hydrogen-bond acceptors (Lipinski definition) is 0. The fraction of sp³-hybridized carbons (Fsp3) is 0.778. The van der Waals surface area contributed by atoms with Gasteiger partial charge in [0, 0.05) is 4.83 Å². The third kappa shape index (κ3) is 3.92. The summed E-state index contributed by atoms with van der Waals surface area (Å²) in [6, 6.07) is 0. The highest BCUT2D eigenvalue weighted by molar-refractivity contribution is 14.1. The summed E-state index contributed by atoms with van der Waals surface area (Å²) < 4.78 is 1.46. The molecule has 3 atom stereocenters. The SMILES string of the molecule is C/C=C(/I)[C@H](C)[C@H](C)[C@@H](C)Br. The third-order valence-electron chi connectivity index (χ3n) is 2.22. The molecule has 0 spiro atoms. The number of halogens is 2. The average Bonchev–Trinajstić information content (AvgIpc) is 2.00. The molecule has 0 saturated carbocycles. The molecule has 0 saturated heterocycles. The molecular formula is C9H16BrI. The molecule has 0 aromatic heterocycles. The molecule has 0 heterocycles. The molecule has 0 aromatic rings. The van der Waals surface area contributed by atoms with Crippen molar-refractivity contribution in [3.05, 3.63) is 9.66 Å². The zero-order valence-electron chi connectivity index (χ0n) is 7.57. The van der Waals surface area contributed by atoms with Crippen molar-refractivity contribution in [1.29, 1.82) is 0 Å². The molecule has 0 N–H and O–H groups in total. The van der Waals surface area contributed by atoms with Crippen molar-refractivity contribution in [3.63, 3.8) is 0 Å². The summed E-state index contributed by atoms with van der Waals surface area (Å²) in [6.45, 7) is 8.88. The van der Waals surface area contributed by atoms with Crippen molar-refractivity contribution in [2.75, 3.05) is 0 Å². The van der Waals surface area contributed by atoms with Crippen LogP contribution in [0.5, 0.6) is 0 Å². The Labute approximate surface area is 92.1 Å². The lowest BCUT2D eigenvalue weighted by atomic mass is 9.93. The quantitative estimate of drug-likeness (QED) is 0.532. The van der Waals surface area contributed by atoms with Gasteiger partial charge in [0.2, 0.25) is 0 Å². The van der Waals surface area contributed by atoms with Crippen LogP contribution in [-0.2, 0) is 0 Å². The van der Waals surface area contributed by atoms with Gasteiger partial charge in [-0.05, 0) is 44.9 Å². The number of allylic oxidation sites excluding steroid dienone is 2. The summed E-state index contributed by atoms with van der Waals surface area (Å²) in [7, 11) is 0. The average molecular weight is 331 g/mol. The second-order valence-electron chi connectivity index (χ2n) is 3.00. The van der Waals surface area contributed by atoms with Crippen LogP contribution in [-0.4, -0.2) is 4.83 Å². The van der Waals surface area contributed by atoms with Crippen LogP contribution in [0.1, 0.15) is 27.7 Å². The van der Waals surface area contributed by atoms with Gasteiger partial charge in [-0.1, -0.05) is 42.8 Å².